The number of ether oxygens (including phenoxy) is 2. The van der Waals surface area contributed by atoms with Gasteiger partial charge in [0.1, 0.15) is 0 Å². The lowest BCUT2D eigenvalue weighted by atomic mass is 10.1. The van der Waals surface area contributed by atoms with Crippen LogP contribution < -0.4 is 14.6 Å². The maximum Gasteiger partial charge on any atom is 0.223 e. The third-order valence-electron chi connectivity index (χ3n) is 3.66. The summed E-state index contributed by atoms with van der Waals surface area (Å²) in [7, 11) is 1.55. The molecule has 0 radical (unpaired) electrons. The van der Waals surface area contributed by atoms with E-state index in [4.69, 9.17) is 9.47 Å². The Hall–Kier alpha value is -1.76. The summed E-state index contributed by atoms with van der Waals surface area (Å²) in [6.45, 7) is 3.09. The molecule has 126 valence electrons. The van der Waals surface area contributed by atoms with E-state index in [1.807, 2.05) is 13.0 Å². The maximum atomic E-state index is 11.9. The molecule has 1 heterocycles. The Morgan fingerprint density at radius 3 is 2.78 bits per heavy atom. The fourth-order valence-corrected chi connectivity index (χ4v) is 3.12. The number of hydrogen-bond donors (Lipinski definition) is 0. The number of methoxy groups -OCH3 is 1. The molecule has 0 aliphatic carbocycles. The molecule has 0 N–H and O–H groups in total. The molecule has 0 aromatic heterocycles. The van der Waals surface area contributed by atoms with E-state index in [-0.39, 0.29) is 18.9 Å². The zero-order chi connectivity index (χ0) is 17.0. The summed E-state index contributed by atoms with van der Waals surface area (Å²) < 4.78 is 11.8. The highest BCUT2D eigenvalue weighted by atomic mass is 79.9. The molecule has 23 heavy (non-hydrogen) atoms. The first-order valence-corrected chi connectivity index (χ1v) is 8.23. The van der Waals surface area contributed by atoms with E-state index in [9.17, 15) is 14.7 Å². The van der Waals surface area contributed by atoms with Crippen molar-refractivity contribution in [2.75, 3.05) is 20.3 Å². The first-order valence-electron chi connectivity index (χ1n) is 7.44. The number of amides is 1. The molecule has 1 fully saturated rings. The van der Waals surface area contributed by atoms with Crippen molar-refractivity contribution in [2.45, 2.75) is 26.3 Å². The van der Waals surface area contributed by atoms with Gasteiger partial charge in [0.2, 0.25) is 5.91 Å². The maximum absolute atomic E-state index is 11.9. The lowest BCUT2D eigenvalue weighted by Gasteiger charge is -2.19. The van der Waals surface area contributed by atoms with Crippen LogP contribution in [0.4, 0.5) is 0 Å². The van der Waals surface area contributed by atoms with Crippen LogP contribution in [0.3, 0.4) is 0 Å². The molecule has 1 atom stereocenters. The summed E-state index contributed by atoms with van der Waals surface area (Å²) in [5, 5.41) is 10.9. The van der Waals surface area contributed by atoms with Crippen molar-refractivity contribution in [1.82, 2.24) is 4.90 Å². The molecule has 1 aliphatic heterocycles. The number of carbonyl (C=O) groups excluding carboxylic acids is 2. The van der Waals surface area contributed by atoms with Crippen molar-refractivity contribution in [1.29, 1.82) is 0 Å². The average molecular weight is 385 g/mol. The minimum Gasteiger partial charge on any atom is -0.550 e. The number of rotatable bonds is 7. The molecule has 2 rings (SSSR count). The summed E-state index contributed by atoms with van der Waals surface area (Å²) in [5.41, 5.74) is 0.838. The summed E-state index contributed by atoms with van der Waals surface area (Å²) in [6.07, 6.45) is 0.878. The number of benzene rings is 1. The van der Waals surface area contributed by atoms with Crippen molar-refractivity contribution in [2.24, 2.45) is 5.92 Å². The van der Waals surface area contributed by atoms with Gasteiger partial charge in [-0.3, -0.25) is 4.79 Å². The van der Waals surface area contributed by atoms with E-state index < -0.39 is 11.9 Å². The summed E-state index contributed by atoms with van der Waals surface area (Å²) in [5.74, 6) is -0.895. The van der Waals surface area contributed by atoms with Gasteiger partial charge in [0.05, 0.1) is 18.2 Å². The quantitative estimate of drug-likeness (QED) is 0.708. The minimum absolute atomic E-state index is 0.00165. The SMILES string of the molecule is CCCOc1c(Br)cc(CN2C[C@H](C(=O)[O-])CC2=O)cc1OC. The zero-order valence-electron chi connectivity index (χ0n) is 13.1. The van der Waals surface area contributed by atoms with Crippen LogP contribution in [-0.2, 0) is 16.1 Å². The number of halogens is 1. The van der Waals surface area contributed by atoms with E-state index >= 15 is 0 Å². The van der Waals surface area contributed by atoms with Gasteiger partial charge in [0.25, 0.3) is 0 Å². The van der Waals surface area contributed by atoms with Gasteiger partial charge >= 0.3 is 0 Å². The molecule has 1 saturated heterocycles. The Kier molecular flexibility index (Phi) is 5.87. The highest BCUT2D eigenvalue weighted by Gasteiger charge is 2.30. The lowest BCUT2D eigenvalue weighted by Crippen LogP contribution is -2.33. The Labute approximate surface area is 143 Å². The van der Waals surface area contributed by atoms with Crippen molar-refractivity contribution in [3.05, 3.63) is 22.2 Å². The molecule has 0 spiro atoms. The summed E-state index contributed by atoms with van der Waals surface area (Å²) in [4.78, 5) is 24.3. The van der Waals surface area contributed by atoms with Gasteiger partial charge in [-0.25, -0.2) is 0 Å². The second-order valence-electron chi connectivity index (χ2n) is 5.45. The van der Waals surface area contributed by atoms with Crippen LogP contribution in [0, 0.1) is 5.92 Å². The van der Waals surface area contributed by atoms with Crippen molar-refractivity contribution >= 4 is 27.8 Å². The van der Waals surface area contributed by atoms with Crippen LogP contribution in [-0.4, -0.2) is 37.0 Å². The molecule has 0 unspecified atom stereocenters. The van der Waals surface area contributed by atoms with E-state index in [1.165, 1.54) is 4.90 Å². The van der Waals surface area contributed by atoms with Gasteiger partial charge in [-0.1, -0.05) is 6.92 Å². The average Bonchev–Trinajstić information content (AvgIpc) is 2.87. The van der Waals surface area contributed by atoms with Crippen LogP contribution in [0.15, 0.2) is 16.6 Å². The number of likely N-dealkylation sites (tertiary alicyclic amines) is 1. The zero-order valence-corrected chi connectivity index (χ0v) is 14.7. The number of carboxylic acids is 1. The number of hydrogen-bond acceptors (Lipinski definition) is 5. The Bertz CT molecular complexity index is 604. The minimum atomic E-state index is -1.18. The predicted molar refractivity (Wildman–Crippen MR) is 85.0 cm³/mol. The van der Waals surface area contributed by atoms with Gasteiger partial charge in [0, 0.05) is 31.4 Å². The molecular formula is C16H19BrNO5-. The normalized spacial score (nSPS) is 17.4. The lowest BCUT2D eigenvalue weighted by molar-refractivity contribution is -0.311. The number of carboxylic acid groups (broad SMARTS) is 1. The topological polar surface area (TPSA) is 78.9 Å². The molecule has 0 saturated carbocycles. The Morgan fingerprint density at radius 1 is 1.48 bits per heavy atom. The number of carbonyl (C=O) groups is 2. The molecule has 0 bridgehead atoms. The van der Waals surface area contributed by atoms with Crippen molar-refractivity contribution in [3.8, 4) is 11.5 Å². The highest BCUT2D eigenvalue weighted by Crippen LogP contribution is 2.37. The molecule has 1 aromatic carbocycles. The summed E-state index contributed by atoms with van der Waals surface area (Å²) in [6, 6.07) is 3.66. The first-order chi connectivity index (χ1) is 11.0. The van der Waals surface area contributed by atoms with Crippen LogP contribution in [0.5, 0.6) is 11.5 Å². The standard InChI is InChI=1S/C16H20BrNO5/c1-3-4-23-15-12(17)5-10(6-13(15)22-2)8-18-9-11(16(20)21)7-14(18)19/h5-6,11H,3-4,7-9H2,1-2H3,(H,20,21)/p-1/t11-/m1/s1. The molecular weight excluding hydrogens is 366 g/mol. The van der Waals surface area contributed by atoms with E-state index in [0.29, 0.717) is 24.7 Å². The fraction of sp³-hybridized carbons (Fsp3) is 0.500. The Morgan fingerprint density at radius 2 is 2.22 bits per heavy atom. The van der Waals surface area contributed by atoms with Crippen LogP contribution in [0.1, 0.15) is 25.3 Å². The summed E-state index contributed by atoms with van der Waals surface area (Å²) >= 11 is 3.46. The molecule has 7 heteroatoms. The van der Waals surface area contributed by atoms with Crippen LogP contribution >= 0.6 is 15.9 Å². The van der Waals surface area contributed by atoms with Gasteiger partial charge in [-0.05, 0) is 40.0 Å². The Balaban J connectivity index is 2.16. The second kappa shape index (κ2) is 7.68. The third-order valence-corrected chi connectivity index (χ3v) is 4.25. The van der Waals surface area contributed by atoms with Crippen molar-refractivity contribution in [3.63, 3.8) is 0 Å². The van der Waals surface area contributed by atoms with Gasteiger partial charge in [-0.2, -0.15) is 0 Å². The molecule has 6 nitrogen and oxygen atoms in total. The molecule has 1 aromatic rings. The fourth-order valence-electron chi connectivity index (χ4n) is 2.51. The van der Waals surface area contributed by atoms with Gasteiger partial charge in [-0.15, -0.1) is 0 Å². The first kappa shape index (κ1) is 17.6. The van der Waals surface area contributed by atoms with Gasteiger partial charge in [0.15, 0.2) is 11.5 Å². The number of aliphatic carboxylic acids is 1. The predicted octanol–water partition coefficient (Wildman–Crippen LogP) is 1.34. The van der Waals surface area contributed by atoms with Crippen molar-refractivity contribution < 1.29 is 24.2 Å². The smallest absolute Gasteiger partial charge is 0.223 e. The van der Waals surface area contributed by atoms with Crippen LogP contribution in [0.2, 0.25) is 0 Å². The number of nitrogens with zero attached hydrogens (tertiary/aromatic N) is 1. The highest BCUT2D eigenvalue weighted by molar-refractivity contribution is 9.10. The van der Waals surface area contributed by atoms with Gasteiger partial charge < -0.3 is 24.3 Å². The molecule has 1 aliphatic rings. The second-order valence-corrected chi connectivity index (χ2v) is 6.31. The van der Waals surface area contributed by atoms with Crippen LogP contribution in [0.25, 0.3) is 0 Å². The van der Waals surface area contributed by atoms with E-state index in [1.54, 1.807) is 13.2 Å². The van der Waals surface area contributed by atoms with E-state index in [0.717, 1.165) is 16.5 Å². The van der Waals surface area contributed by atoms with E-state index in [2.05, 4.69) is 15.9 Å². The third kappa shape index (κ3) is 4.16. The molecule has 1 amide bonds. The largest absolute Gasteiger partial charge is 0.550 e. The monoisotopic (exact) mass is 384 g/mol.